The second-order valence-corrected chi connectivity index (χ2v) is 11.3. The summed E-state index contributed by atoms with van der Waals surface area (Å²) in [4.78, 5) is 9.30. The van der Waals surface area contributed by atoms with Gasteiger partial charge in [-0.2, -0.15) is 0 Å². The van der Waals surface area contributed by atoms with Crippen molar-refractivity contribution in [1.29, 1.82) is 0 Å². The Hall–Kier alpha value is -3.75. The Morgan fingerprint density at radius 3 is 1.81 bits per heavy atom. The SMILES string of the molecule is c1ccc(S2(c3ccccc3)c3ccccc3-c3cc4[nH]c5ccccc5c4cc32)cc1. The molecular formula is C30H21NS. The van der Waals surface area contributed by atoms with Gasteiger partial charge in [-0.25, -0.2) is 0 Å². The van der Waals surface area contributed by atoms with E-state index in [4.69, 9.17) is 0 Å². The molecule has 0 saturated carbocycles. The fourth-order valence-electron chi connectivity index (χ4n) is 5.31. The standard InChI is InChI=1S/C30H21NS/c1-3-11-21(12-4-1)32(22-13-5-2-6-14-22)29-18-10-8-16-24(29)26-19-28-25(20-30(26)32)23-15-7-9-17-27(23)31-28/h1-20,31H. The zero-order valence-electron chi connectivity index (χ0n) is 17.5. The molecule has 1 nitrogen and oxygen atoms in total. The fraction of sp³-hybridized carbons (Fsp3) is 0. The van der Waals surface area contributed by atoms with Crippen molar-refractivity contribution in [3.8, 4) is 11.1 Å². The van der Waals surface area contributed by atoms with E-state index in [2.05, 4.69) is 126 Å². The topological polar surface area (TPSA) is 15.8 Å². The largest absolute Gasteiger partial charge is 0.354 e. The molecule has 1 aliphatic heterocycles. The Bertz CT molecular complexity index is 1570. The zero-order valence-corrected chi connectivity index (χ0v) is 18.3. The lowest BCUT2D eigenvalue weighted by atomic mass is 10.0. The van der Waals surface area contributed by atoms with E-state index < -0.39 is 10.0 Å². The minimum absolute atomic E-state index is 1.19. The first-order chi connectivity index (χ1) is 15.9. The van der Waals surface area contributed by atoms with E-state index in [0.717, 1.165) is 0 Å². The van der Waals surface area contributed by atoms with Gasteiger partial charge in [0, 0.05) is 41.4 Å². The van der Waals surface area contributed by atoms with Gasteiger partial charge < -0.3 is 4.98 Å². The Morgan fingerprint density at radius 1 is 0.438 bits per heavy atom. The molecule has 0 aliphatic carbocycles. The molecule has 0 radical (unpaired) electrons. The second kappa shape index (κ2) is 6.62. The Kier molecular flexibility index (Phi) is 3.70. The highest BCUT2D eigenvalue weighted by Crippen LogP contribution is 2.80. The highest BCUT2D eigenvalue weighted by molar-refractivity contribution is 8.34. The molecular weight excluding hydrogens is 406 g/mol. The van der Waals surface area contributed by atoms with Gasteiger partial charge in [0.15, 0.2) is 0 Å². The summed E-state index contributed by atoms with van der Waals surface area (Å²) >= 11 is 0. The summed E-state index contributed by atoms with van der Waals surface area (Å²) in [5.41, 5.74) is 5.10. The van der Waals surface area contributed by atoms with Crippen molar-refractivity contribution >= 4 is 31.8 Å². The van der Waals surface area contributed by atoms with Crippen molar-refractivity contribution < 1.29 is 0 Å². The number of para-hydroxylation sites is 1. The van der Waals surface area contributed by atoms with Crippen LogP contribution in [0.25, 0.3) is 32.9 Å². The maximum Gasteiger partial charge on any atom is 0.0471 e. The van der Waals surface area contributed by atoms with E-state index in [-0.39, 0.29) is 0 Å². The quantitative estimate of drug-likeness (QED) is 0.284. The van der Waals surface area contributed by atoms with Gasteiger partial charge >= 0.3 is 0 Å². The van der Waals surface area contributed by atoms with Crippen LogP contribution in [0.3, 0.4) is 0 Å². The number of hydrogen-bond acceptors (Lipinski definition) is 0. The van der Waals surface area contributed by atoms with Crippen molar-refractivity contribution in [1.82, 2.24) is 4.98 Å². The average Bonchev–Trinajstić information content (AvgIpc) is 3.37. The molecule has 152 valence electrons. The summed E-state index contributed by atoms with van der Waals surface area (Å²) in [6.07, 6.45) is 0. The van der Waals surface area contributed by atoms with Crippen LogP contribution in [-0.4, -0.2) is 4.98 Å². The van der Waals surface area contributed by atoms with Gasteiger partial charge in [0.1, 0.15) is 0 Å². The lowest BCUT2D eigenvalue weighted by Gasteiger charge is -2.39. The first-order valence-corrected chi connectivity index (χ1v) is 12.6. The van der Waals surface area contributed by atoms with Crippen LogP contribution in [0.15, 0.2) is 141 Å². The summed E-state index contributed by atoms with van der Waals surface area (Å²) in [6, 6.07) is 44.7. The number of aromatic amines is 1. The highest BCUT2D eigenvalue weighted by atomic mass is 32.3. The number of rotatable bonds is 2. The summed E-state index contributed by atoms with van der Waals surface area (Å²) in [5.74, 6) is 0. The van der Waals surface area contributed by atoms with Crippen LogP contribution >= 0.6 is 10.0 Å². The monoisotopic (exact) mass is 427 g/mol. The third kappa shape index (κ3) is 2.25. The van der Waals surface area contributed by atoms with Crippen LogP contribution in [0.4, 0.5) is 0 Å². The molecule has 0 spiro atoms. The number of H-pyrrole nitrogens is 1. The molecule has 1 aliphatic rings. The van der Waals surface area contributed by atoms with Crippen molar-refractivity contribution in [2.45, 2.75) is 19.6 Å². The maximum absolute atomic E-state index is 3.65. The Morgan fingerprint density at radius 2 is 1.06 bits per heavy atom. The number of benzene rings is 5. The van der Waals surface area contributed by atoms with Gasteiger partial charge in [-0.15, -0.1) is 10.0 Å². The third-order valence-corrected chi connectivity index (χ3v) is 10.6. The van der Waals surface area contributed by atoms with E-state index >= 15 is 0 Å². The van der Waals surface area contributed by atoms with E-state index in [1.165, 1.54) is 52.5 Å². The van der Waals surface area contributed by atoms with E-state index in [9.17, 15) is 0 Å². The molecule has 0 bridgehead atoms. The summed E-state index contributed by atoms with van der Waals surface area (Å²) in [6.45, 7) is 0. The number of hydrogen-bond donors (Lipinski definition) is 1. The highest BCUT2D eigenvalue weighted by Gasteiger charge is 2.42. The van der Waals surface area contributed by atoms with Crippen molar-refractivity contribution in [3.63, 3.8) is 0 Å². The normalized spacial score (nSPS) is 14.9. The molecule has 0 atom stereocenters. The summed E-state index contributed by atoms with van der Waals surface area (Å²) in [7, 11) is -1.59. The minimum Gasteiger partial charge on any atom is -0.354 e. The smallest absolute Gasteiger partial charge is 0.0471 e. The summed E-state index contributed by atoms with van der Waals surface area (Å²) < 4.78 is 0. The van der Waals surface area contributed by atoms with E-state index in [0.29, 0.717) is 0 Å². The van der Waals surface area contributed by atoms with Gasteiger partial charge in [-0.1, -0.05) is 72.8 Å². The molecule has 32 heavy (non-hydrogen) atoms. The van der Waals surface area contributed by atoms with Gasteiger partial charge in [0.25, 0.3) is 0 Å². The Balaban J connectivity index is 1.70. The predicted octanol–water partition coefficient (Wildman–Crippen LogP) is 8.64. The molecule has 0 amide bonds. The fourth-order valence-corrected chi connectivity index (χ4v) is 9.55. The number of nitrogens with one attached hydrogen (secondary N) is 1. The molecule has 0 unspecified atom stereocenters. The molecule has 0 fully saturated rings. The van der Waals surface area contributed by atoms with Crippen LogP contribution in [-0.2, 0) is 0 Å². The van der Waals surface area contributed by atoms with Gasteiger partial charge in [-0.05, 0) is 59.7 Å². The van der Waals surface area contributed by atoms with Crippen LogP contribution < -0.4 is 0 Å². The van der Waals surface area contributed by atoms with Gasteiger partial charge in [0.05, 0.1) is 0 Å². The van der Waals surface area contributed by atoms with E-state index in [1.54, 1.807) is 0 Å². The van der Waals surface area contributed by atoms with Gasteiger partial charge in [0.2, 0.25) is 0 Å². The molecule has 2 heteroatoms. The predicted molar refractivity (Wildman–Crippen MR) is 135 cm³/mol. The molecule has 6 aromatic rings. The van der Waals surface area contributed by atoms with Crippen molar-refractivity contribution in [2.24, 2.45) is 0 Å². The first-order valence-electron chi connectivity index (χ1n) is 10.9. The van der Waals surface area contributed by atoms with Crippen LogP contribution in [0.5, 0.6) is 0 Å². The first kappa shape index (κ1) is 17.9. The molecule has 1 N–H and O–H groups in total. The Labute approximate surface area is 188 Å². The zero-order chi connectivity index (χ0) is 21.1. The molecule has 5 aromatic carbocycles. The van der Waals surface area contributed by atoms with Gasteiger partial charge in [-0.3, -0.25) is 0 Å². The maximum atomic E-state index is 3.65. The second-order valence-electron chi connectivity index (χ2n) is 8.30. The molecule has 1 aromatic heterocycles. The minimum atomic E-state index is -1.59. The van der Waals surface area contributed by atoms with E-state index in [1.807, 2.05) is 0 Å². The molecule has 0 saturated heterocycles. The van der Waals surface area contributed by atoms with Crippen molar-refractivity contribution in [3.05, 3.63) is 121 Å². The summed E-state index contributed by atoms with van der Waals surface area (Å²) in [5, 5.41) is 2.59. The number of aromatic nitrogens is 1. The van der Waals surface area contributed by atoms with Crippen LogP contribution in [0.1, 0.15) is 0 Å². The molecule has 2 heterocycles. The lowest BCUT2D eigenvalue weighted by Crippen LogP contribution is -2.01. The third-order valence-electron chi connectivity index (χ3n) is 6.64. The van der Waals surface area contributed by atoms with Crippen molar-refractivity contribution in [2.75, 3.05) is 0 Å². The molecule has 7 rings (SSSR count). The lowest BCUT2D eigenvalue weighted by molar-refractivity contribution is 1.29. The van der Waals surface area contributed by atoms with Crippen LogP contribution in [0, 0.1) is 0 Å². The number of fused-ring (bicyclic) bond motifs is 6. The van der Waals surface area contributed by atoms with Crippen LogP contribution in [0.2, 0.25) is 0 Å². The average molecular weight is 428 g/mol.